The third-order valence-electron chi connectivity index (χ3n) is 2.39. The second-order valence-corrected chi connectivity index (χ2v) is 3.34. The van der Waals surface area contributed by atoms with E-state index < -0.39 is 5.91 Å². The van der Waals surface area contributed by atoms with Gasteiger partial charge in [-0.3, -0.25) is 4.79 Å². The molecule has 0 spiro atoms. The average molecular weight is 204 g/mol. The molecule has 3 N–H and O–H groups in total. The van der Waals surface area contributed by atoms with Crippen molar-refractivity contribution >= 4 is 16.8 Å². The molecule has 1 aromatic heterocycles. The summed E-state index contributed by atoms with van der Waals surface area (Å²) in [7, 11) is 0. The summed E-state index contributed by atoms with van der Waals surface area (Å²) >= 11 is 0. The molecule has 0 aliphatic heterocycles. The number of hydrogen-bond donors (Lipinski definition) is 2. The Labute approximate surface area is 86.9 Å². The van der Waals surface area contributed by atoms with Crippen LogP contribution < -0.4 is 5.73 Å². The quantitative estimate of drug-likeness (QED) is 0.774. The molecule has 0 saturated heterocycles. The van der Waals surface area contributed by atoms with Crippen molar-refractivity contribution in [1.29, 1.82) is 0 Å². The van der Waals surface area contributed by atoms with Gasteiger partial charge in [0.1, 0.15) is 0 Å². The smallest absolute Gasteiger partial charge is 0.250 e. The first-order valence-corrected chi connectivity index (χ1v) is 4.72. The molecular formula is C11H12N2O2. The van der Waals surface area contributed by atoms with Crippen LogP contribution in [0.2, 0.25) is 0 Å². The van der Waals surface area contributed by atoms with Crippen molar-refractivity contribution in [2.75, 3.05) is 6.61 Å². The van der Waals surface area contributed by atoms with Crippen molar-refractivity contribution < 1.29 is 9.90 Å². The summed E-state index contributed by atoms with van der Waals surface area (Å²) in [4.78, 5) is 11.2. The molecular weight excluding hydrogens is 192 g/mol. The van der Waals surface area contributed by atoms with Crippen LogP contribution in [0.4, 0.5) is 0 Å². The number of para-hydroxylation sites is 1. The maximum Gasteiger partial charge on any atom is 0.250 e. The molecule has 4 nitrogen and oxygen atoms in total. The zero-order valence-electron chi connectivity index (χ0n) is 8.18. The topological polar surface area (TPSA) is 68.2 Å². The number of nitrogens with two attached hydrogens (primary N) is 1. The molecule has 0 aliphatic carbocycles. The van der Waals surface area contributed by atoms with Gasteiger partial charge in [0.25, 0.3) is 5.91 Å². The average Bonchev–Trinajstić information content (AvgIpc) is 2.59. The largest absolute Gasteiger partial charge is 0.395 e. The maximum atomic E-state index is 11.2. The number of aliphatic hydroxyl groups is 1. The van der Waals surface area contributed by atoms with E-state index in [9.17, 15) is 4.79 Å². The summed E-state index contributed by atoms with van der Waals surface area (Å²) in [5, 5.41) is 9.72. The number of fused-ring (bicyclic) bond motifs is 1. The molecule has 15 heavy (non-hydrogen) atoms. The zero-order chi connectivity index (χ0) is 10.8. The molecule has 1 aromatic carbocycles. The molecule has 0 radical (unpaired) electrons. The van der Waals surface area contributed by atoms with Gasteiger partial charge in [-0.2, -0.15) is 0 Å². The lowest BCUT2D eigenvalue weighted by molar-refractivity contribution is 0.100. The van der Waals surface area contributed by atoms with E-state index in [1.54, 1.807) is 6.20 Å². The molecule has 1 heterocycles. The van der Waals surface area contributed by atoms with Crippen LogP contribution in [-0.4, -0.2) is 22.2 Å². The molecule has 4 heteroatoms. The van der Waals surface area contributed by atoms with E-state index in [2.05, 4.69) is 0 Å². The Kier molecular flexibility index (Phi) is 2.43. The van der Waals surface area contributed by atoms with Crippen LogP contribution >= 0.6 is 0 Å². The number of aliphatic hydroxyl groups excluding tert-OH is 1. The summed E-state index contributed by atoms with van der Waals surface area (Å²) in [6.07, 6.45) is 1.68. The Bertz CT molecular complexity index is 502. The van der Waals surface area contributed by atoms with Crippen molar-refractivity contribution in [3.63, 3.8) is 0 Å². The fourth-order valence-corrected chi connectivity index (χ4v) is 1.74. The fourth-order valence-electron chi connectivity index (χ4n) is 1.74. The van der Waals surface area contributed by atoms with Crippen LogP contribution in [-0.2, 0) is 6.54 Å². The molecule has 0 fully saturated rings. The maximum absolute atomic E-state index is 11.2. The van der Waals surface area contributed by atoms with E-state index in [-0.39, 0.29) is 6.61 Å². The lowest BCUT2D eigenvalue weighted by Gasteiger charge is -2.00. The van der Waals surface area contributed by atoms with Crippen LogP contribution in [0.15, 0.2) is 30.5 Å². The lowest BCUT2D eigenvalue weighted by Crippen LogP contribution is -2.10. The van der Waals surface area contributed by atoms with Crippen molar-refractivity contribution in [2.45, 2.75) is 6.54 Å². The lowest BCUT2D eigenvalue weighted by atomic mass is 10.2. The molecule has 78 valence electrons. The van der Waals surface area contributed by atoms with Gasteiger partial charge in [-0.05, 0) is 6.07 Å². The minimum atomic E-state index is -0.442. The summed E-state index contributed by atoms with van der Waals surface area (Å²) in [5.74, 6) is -0.442. The van der Waals surface area contributed by atoms with Crippen molar-refractivity contribution in [2.24, 2.45) is 5.73 Å². The van der Waals surface area contributed by atoms with Gasteiger partial charge < -0.3 is 15.4 Å². The van der Waals surface area contributed by atoms with Gasteiger partial charge in [-0.25, -0.2) is 0 Å². The highest BCUT2D eigenvalue weighted by Crippen LogP contribution is 2.20. The Morgan fingerprint density at radius 1 is 1.40 bits per heavy atom. The minimum Gasteiger partial charge on any atom is -0.395 e. The molecule has 0 atom stereocenters. The second-order valence-electron chi connectivity index (χ2n) is 3.34. The first kappa shape index (κ1) is 9.73. The van der Waals surface area contributed by atoms with E-state index in [1.165, 1.54) is 0 Å². The number of carbonyl (C=O) groups excluding carboxylic acids is 1. The molecule has 2 rings (SSSR count). The van der Waals surface area contributed by atoms with Crippen molar-refractivity contribution in [3.8, 4) is 0 Å². The van der Waals surface area contributed by atoms with Crippen LogP contribution in [0.1, 0.15) is 10.4 Å². The highest BCUT2D eigenvalue weighted by Gasteiger charge is 2.11. The number of amides is 1. The zero-order valence-corrected chi connectivity index (χ0v) is 8.18. The molecule has 0 bridgehead atoms. The Hall–Kier alpha value is -1.81. The Morgan fingerprint density at radius 3 is 2.80 bits per heavy atom. The van der Waals surface area contributed by atoms with Gasteiger partial charge in [0, 0.05) is 23.6 Å². The molecule has 0 unspecified atom stereocenters. The summed E-state index contributed by atoms with van der Waals surface area (Å²) in [6.45, 7) is 0.505. The number of rotatable bonds is 3. The Morgan fingerprint density at radius 2 is 2.13 bits per heavy atom. The first-order valence-electron chi connectivity index (χ1n) is 4.72. The summed E-state index contributed by atoms with van der Waals surface area (Å²) in [5.41, 5.74) is 6.69. The number of benzene rings is 1. The van der Waals surface area contributed by atoms with Crippen LogP contribution in [0.5, 0.6) is 0 Å². The predicted octanol–water partition coefficient (Wildman–Crippen LogP) is 0.732. The van der Waals surface area contributed by atoms with Crippen LogP contribution in [0.3, 0.4) is 0 Å². The van der Waals surface area contributed by atoms with E-state index in [0.717, 1.165) is 10.9 Å². The fraction of sp³-hybridized carbons (Fsp3) is 0.182. The van der Waals surface area contributed by atoms with Crippen molar-refractivity contribution in [1.82, 2.24) is 4.57 Å². The molecule has 1 amide bonds. The van der Waals surface area contributed by atoms with Gasteiger partial charge in [-0.1, -0.05) is 18.2 Å². The third kappa shape index (κ3) is 1.59. The predicted molar refractivity (Wildman–Crippen MR) is 57.5 cm³/mol. The summed E-state index contributed by atoms with van der Waals surface area (Å²) < 4.78 is 1.83. The van der Waals surface area contributed by atoms with E-state index in [0.29, 0.717) is 12.1 Å². The van der Waals surface area contributed by atoms with Gasteiger partial charge in [0.2, 0.25) is 0 Å². The molecule has 0 aliphatic rings. The minimum absolute atomic E-state index is 0.0386. The normalized spacial score (nSPS) is 10.7. The number of aromatic nitrogens is 1. The van der Waals surface area contributed by atoms with E-state index in [1.807, 2.05) is 28.8 Å². The second kappa shape index (κ2) is 3.74. The Balaban J connectivity index is 2.67. The summed E-state index contributed by atoms with van der Waals surface area (Å²) in [6, 6.07) is 7.50. The van der Waals surface area contributed by atoms with Gasteiger partial charge in [0.05, 0.1) is 12.2 Å². The highest BCUT2D eigenvalue weighted by molar-refractivity contribution is 6.06. The van der Waals surface area contributed by atoms with Gasteiger partial charge >= 0.3 is 0 Å². The molecule has 0 saturated carbocycles. The van der Waals surface area contributed by atoms with Crippen molar-refractivity contribution in [3.05, 3.63) is 36.0 Å². The number of nitrogens with zero attached hydrogens (tertiary/aromatic N) is 1. The third-order valence-corrected chi connectivity index (χ3v) is 2.39. The van der Waals surface area contributed by atoms with Gasteiger partial charge in [0.15, 0.2) is 0 Å². The number of carbonyl (C=O) groups is 1. The van der Waals surface area contributed by atoms with E-state index in [4.69, 9.17) is 10.8 Å². The van der Waals surface area contributed by atoms with Crippen LogP contribution in [0.25, 0.3) is 10.9 Å². The van der Waals surface area contributed by atoms with E-state index >= 15 is 0 Å². The standard InChI is InChI=1S/C11H12N2O2/c12-11(15)9-7-13(5-6-14)10-4-2-1-3-8(9)10/h1-4,7,14H,5-6H2,(H2,12,15). The monoisotopic (exact) mass is 204 g/mol. The van der Waals surface area contributed by atoms with Gasteiger partial charge in [-0.15, -0.1) is 0 Å². The highest BCUT2D eigenvalue weighted by atomic mass is 16.3. The SMILES string of the molecule is NC(=O)c1cn(CCO)c2ccccc12. The number of hydrogen-bond acceptors (Lipinski definition) is 2. The first-order chi connectivity index (χ1) is 7.24. The number of primary amides is 1. The van der Waals surface area contributed by atoms with Crippen LogP contribution in [0, 0.1) is 0 Å². The molecule has 2 aromatic rings.